The fraction of sp³-hybridized carbons (Fsp3) is 0.312. The van der Waals surface area contributed by atoms with Gasteiger partial charge in [0, 0.05) is 29.5 Å². The number of carbonyl (C=O) groups excluding carboxylic acids is 1. The van der Waals surface area contributed by atoms with Gasteiger partial charge < -0.3 is 14.4 Å². The Morgan fingerprint density at radius 3 is 2.60 bits per heavy atom. The average molecular weight is 619 g/mol. The fourth-order valence-corrected chi connectivity index (χ4v) is 7.43. The summed E-state index contributed by atoms with van der Waals surface area (Å²) in [6.45, 7) is 2.58. The van der Waals surface area contributed by atoms with E-state index < -0.39 is 5.82 Å². The molecule has 4 heterocycles. The average Bonchev–Trinajstić information content (AvgIpc) is 3.76. The van der Waals surface area contributed by atoms with E-state index in [4.69, 9.17) is 19.4 Å². The van der Waals surface area contributed by atoms with Crippen molar-refractivity contribution >= 4 is 43.9 Å². The monoisotopic (exact) mass is 618 g/mol. The number of aromatic nitrogens is 3. The Kier molecular flexibility index (Phi) is 8.27. The van der Waals surface area contributed by atoms with Crippen LogP contribution in [0.4, 0.5) is 9.52 Å². The topological polar surface area (TPSA) is 86.5 Å². The zero-order valence-electron chi connectivity index (χ0n) is 24.1. The highest BCUT2D eigenvalue weighted by molar-refractivity contribution is 7.21. The third kappa shape index (κ3) is 5.79. The molecule has 0 saturated carbocycles. The standard InChI is InChI=1S/C32H31FN4O4S2/c1-19-16-23(33)28(42-19)29-35-30-27(31(39)37(29)18-21-12-13-22(40-2)17-26(21)41-3)34-32(43-30)36-15-7-10-24(36)25(38)14-11-20-8-5-4-6-9-20/h4-6,8-9,12-13,16-17,24H,7,10-11,14-15,18H2,1-3H3/t24-/m1/s1. The minimum absolute atomic E-state index is 0.0951. The quantitative estimate of drug-likeness (QED) is 0.183. The number of ketones is 1. The van der Waals surface area contributed by atoms with E-state index in [0.717, 1.165) is 23.3 Å². The molecule has 1 saturated heterocycles. The number of thiophene rings is 1. The van der Waals surface area contributed by atoms with Crippen LogP contribution in [0.5, 0.6) is 11.5 Å². The molecule has 0 spiro atoms. The summed E-state index contributed by atoms with van der Waals surface area (Å²) in [5, 5.41) is 0.587. The molecule has 1 aliphatic heterocycles. The summed E-state index contributed by atoms with van der Waals surface area (Å²) < 4.78 is 27.5. The Morgan fingerprint density at radius 1 is 1.07 bits per heavy atom. The van der Waals surface area contributed by atoms with Gasteiger partial charge in [-0.3, -0.25) is 14.2 Å². The predicted octanol–water partition coefficient (Wildman–Crippen LogP) is 6.27. The molecule has 0 unspecified atom stereocenters. The largest absolute Gasteiger partial charge is 0.497 e. The molecule has 43 heavy (non-hydrogen) atoms. The van der Waals surface area contributed by atoms with E-state index >= 15 is 4.39 Å². The van der Waals surface area contributed by atoms with E-state index in [1.165, 1.54) is 33.3 Å². The van der Waals surface area contributed by atoms with Crippen molar-refractivity contribution in [1.82, 2.24) is 14.5 Å². The molecule has 222 valence electrons. The van der Waals surface area contributed by atoms with Crippen LogP contribution in [0.1, 0.15) is 35.3 Å². The number of hydrogen-bond acceptors (Lipinski definition) is 9. The molecule has 0 bridgehead atoms. The minimum Gasteiger partial charge on any atom is -0.497 e. The van der Waals surface area contributed by atoms with Gasteiger partial charge in [0.05, 0.1) is 26.8 Å². The molecule has 2 aromatic carbocycles. The number of methoxy groups -OCH3 is 2. The number of aryl methyl sites for hydroxylation is 2. The van der Waals surface area contributed by atoms with E-state index in [9.17, 15) is 9.59 Å². The Bertz CT molecular complexity index is 1850. The van der Waals surface area contributed by atoms with Crippen LogP contribution in [0.2, 0.25) is 0 Å². The number of carbonyl (C=O) groups is 1. The number of anilines is 1. The molecule has 5 aromatic rings. The SMILES string of the molecule is COc1ccc(Cn2c(-c3sc(C)cc3F)nc3sc(N4CCC[C@@H]4C(=O)CCc4ccccc4)nc3c2=O)c(OC)c1. The predicted molar refractivity (Wildman–Crippen MR) is 168 cm³/mol. The minimum atomic E-state index is -0.433. The summed E-state index contributed by atoms with van der Waals surface area (Å²) in [4.78, 5) is 40.4. The molecule has 0 N–H and O–H groups in total. The number of ether oxygens (including phenoxy) is 2. The van der Waals surface area contributed by atoms with Crippen LogP contribution < -0.4 is 19.9 Å². The van der Waals surface area contributed by atoms with Gasteiger partial charge in [0.15, 0.2) is 27.1 Å². The first-order valence-corrected chi connectivity index (χ1v) is 15.7. The van der Waals surface area contributed by atoms with Gasteiger partial charge in [0.25, 0.3) is 5.56 Å². The smallest absolute Gasteiger partial charge is 0.281 e. The summed E-state index contributed by atoms with van der Waals surface area (Å²) >= 11 is 2.52. The lowest BCUT2D eigenvalue weighted by Crippen LogP contribution is -2.36. The molecule has 11 heteroatoms. The number of hydrogen-bond donors (Lipinski definition) is 0. The van der Waals surface area contributed by atoms with Gasteiger partial charge in [-0.1, -0.05) is 41.7 Å². The molecular formula is C32H31FN4O4S2. The Balaban J connectivity index is 1.39. The van der Waals surface area contributed by atoms with E-state index in [-0.39, 0.29) is 40.1 Å². The summed E-state index contributed by atoms with van der Waals surface area (Å²) in [5.74, 6) is 1.11. The number of rotatable bonds is 10. The van der Waals surface area contributed by atoms with Crippen molar-refractivity contribution in [3.05, 3.63) is 86.8 Å². The van der Waals surface area contributed by atoms with Crippen LogP contribution in [0, 0.1) is 12.7 Å². The van der Waals surface area contributed by atoms with Gasteiger partial charge in [-0.05, 0) is 49.9 Å². The Morgan fingerprint density at radius 2 is 1.88 bits per heavy atom. The highest BCUT2D eigenvalue weighted by Gasteiger charge is 2.33. The maximum absolute atomic E-state index is 15.1. The molecule has 1 atom stereocenters. The molecule has 3 aromatic heterocycles. The van der Waals surface area contributed by atoms with Gasteiger partial charge in [-0.2, -0.15) is 0 Å². The van der Waals surface area contributed by atoms with Crippen molar-refractivity contribution in [1.29, 1.82) is 0 Å². The normalized spacial score (nSPS) is 14.9. The van der Waals surface area contributed by atoms with Crippen molar-refractivity contribution < 1.29 is 18.7 Å². The van der Waals surface area contributed by atoms with Gasteiger partial charge in [-0.15, -0.1) is 11.3 Å². The second-order valence-electron chi connectivity index (χ2n) is 10.5. The lowest BCUT2D eigenvalue weighted by molar-refractivity contribution is -0.120. The van der Waals surface area contributed by atoms with Crippen molar-refractivity contribution in [3.8, 4) is 22.2 Å². The van der Waals surface area contributed by atoms with Gasteiger partial charge >= 0.3 is 0 Å². The summed E-state index contributed by atoms with van der Waals surface area (Å²) in [6.07, 6.45) is 2.72. The zero-order valence-corrected chi connectivity index (χ0v) is 25.8. The maximum atomic E-state index is 15.1. The highest BCUT2D eigenvalue weighted by Crippen LogP contribution is 2.36. The van der Waals surface area contributed by atoms with Crippen LogP contribution in [-0.4, -0.2) is 47.1 Å². The second-order valence-corrected chi connectivity index (χ2v) is 12.7. The number of halogens is 1. The number of nitrogens with zero attached hydrogens (tertiary/aromatic N) is 4. The van der Waals surface area contributed by atoms with Crippen molar-refractivity contribution in [3.63, 3.8) is 0 Å². The van der Waals surface area contributed by atoms with Crippen LogP contribution in [-0.2, 0) is 17.8 Å². The Hall–Kier alpha value is -4.09. The molecule has 0 aliphatic carbocycles. The molecule has 8 nitrogen and oxygen atoms in total. The van der Waals surface area contributed by atoms with Crippen LogP contribution in [0.25, 0.3) is 21.0 Å². The first-order valence-electron chi connectivity index (χ1n) is 14.1. The number of thiazole rings is 1. The van der Waals surface area contributed by atoms with Gasteiger partial charge in [0.1, 0.15) is 22.2 Å². The fourth-order valence-electron chi connectivity index (χ4n) is 5.54. The van der Waals surface area contributed by atoms with Crippen molar-refractivity contribution in [2.75, 3.05) is 25.7 Å². The Labute approximate surface area is 256 Å². The molecule has 1 fully saturated rings. The number of Topliss-reactive ketones (excluding diaryl/α,β-unsaturated/α-hetero) is 1. The van der Waals surface area contributed by atoms with Crippen molar-refractivity contribution in [2.24, 2.45) is 0 Å². The van der Waals surface area contributed by atoms with E-state index in [2.05, 4.69) is 0 Å². The summed E-state index contributed by atoms with van der Waals surface area (Å²) in [5.41, 5.74) is 1.66. The van der Waals surface area contributed by atoms with Gasteiger partial charge in [-0.25, -0.2) is 14.4 Å². The molecular weight excluding hydrogens is 588 g/mol. The van der Waals surface area contributed by atoms with E-state index in [1.807, 2.05) is 48.2 Å². The van der Waals surface area contributed by atoms with E-state index in [0.29, 0.717) is 46.4 Å². The van der Waals surface area contributed by atoms with Crippen molar-refractivity contribution in [2.45, 2.75) is 45.2 Å². The van der Waals surface area contributed by atoms with Crippen LogP contribution in [0.15, 0.2) is 59.4 Å². The second kappa shape index (κ2) is 12.3. The summed E-state index contributed by atoms with van der Waals surface area (Å²) in [7, 11) is 3.12. The van der Waals surface area contributed by atoms with Crippen LogP contribution >= 0.6 is 22.7 Å². The lowest BCUT2D eigenvalue weighted by Gasteiger charge is -2.22. The zero-order chi connectivity index (χ0) is 30.1. The van der Waals surface area contributed by atoms with Crippen LogP contribution in [0.3, 0.4) is 0 Å². The first kappa shape index (κ1) is 29.0. The third-order valence-corrected chi connectivity index (χ3v) is 9.73. The third-order valence-electron chi connectivity index (χ3n) is 7.72. The maximum Gasteiger partial charge on any atom is 0.281 e. The molecule has 0 radical (unpaired) electrons. The lowest BCUT2D eigenvalue weighted by atomic mass is 10.0. The van der Waals surface area contributed by atoms with E-state index in [1.54, 1.807) is 26.4 Å². The van der Waals surface area contributed by atoms with Gasteiger partial charge in [0.2, 0.25) is 0 Å². The highest BCUT2D eigenvalue weighted by atomic mass is 32.1. The number of fused-ring (bicyclic) bond motifs is 1. The first-order chi connectivity index (χ1) is 20.9. The molecule has 6 rings (SSSR count). The molecule has 0 amide bonds. The molecule has 1 aliphatic rings. The number of benzene rings is 2. The summed E-state index contributed by atoms with van der Waals surface area (Å²) in [6, 6.07) is 16.5.